The summed E-state index contributed by atoms with van der Waals surface area (Å²) in [7, 11) is 1.37. The van der Waals surface area contributed by atoms with Gasteiger partial charge < -0.3 is 4.74 Å². The van der Waals surface area contributed by atoms with Gasteiger partial charge in [0.2, 0.25) is 0 Å². The molecular weight excluding hydrogens is 314 g/mol. The van der Waals surface area contributed by atoms with Gasteiger partial charge in [0.15, 0.2) is 5.78 Å². The summed E-state index contributed by atoms with van der Waals surface area (Å²) in [6.07, 6.45) is 1.30. The van der Waals surface area contributed by atoms with Crippen LogP contribution >= 0.6 is 0 Å². The first-order chi connectivity index (χ1) is 12.0. The Morgan fingerprint density at radius 1 is 1.08 bits per heavy atom. The van der Waals surface area contributed by atoms with E-state index >= 15 is 0 Å². The van der Waals surface area contributed by atoms with Crippen molar-refractivity contribution in [2.45, 2.75) is 26.3 Å². The molecule has 0 spiro atoms. The molecular formula is C21H23NO3. The van der Waals surface area contributed by atoms with E-state index in [0.717, 1.165) is 30.6 Å². The van der Waals surface area contributed by atoms with Crippen molar-refractivity contribution in [2.75, 3.05) is 20.2 Å². The van der Waals surface area contributed by atoms with Gasteiger partial charge in [0.25, 0.3) is 0 Å². The molecule has 0 radical (unpaired) electrons. The second-order valence-corrected chi connectivity index (χ2v) is 6.64. The minimum atomic E-state index is -0.365. The van der Waals surface area contributed by atoms with Gasteiger partial charge in [-0.1, -0.05) is 35.9 Å². The fourth-order valence-electron chi connectivity index (χ4n) is 3.20. The van der Waals surface area contributed by atoms with E-state index in [0.29, 0.717) is 18.5 Å². The fourth-order valence-corrected chi connectivity index (χ4v) is 3.20. The molecule has 0 unspecified atom stereocenters. The van der Waals surface area contributed by atoms with Crippen LogP contribution in [-0.2, 0) is 28.9 Å². The van der Waals surface area contributed by atoms with E-state index < -0.39 is 0 Å². The van der Waals surface area contributed by atoms with Crippen molar-refractivity contribution in [3.63, 3.8) is 0 Å². The fraction of sp³-hybridized carbons (Fsp3) is 0.333. The van der Waals surface area contributed by atoms with Crippen molar-refractivity contribution in [1.82, 2.24) is 4.90 Å². The molecule has 0 N–H and O–H groups in total. The van der Waals surface area contributed by atoms with Crippen molar-refractivity contribution >= 4 is 11.8 Å². The highest BCUT2D eigenvalue weighted by molar-refractivity contribution is 5.90. The number of methoxy groups -OCH3 is 1. The maximum absolute atomic E-state index is 12.3. The van der Waals surface area contributed by atoms with Gasteiger partial charge in [-0.15, -0.1) is 0 Å². The highest BCUT2D eigenvalue weighted by atomic mass is 16.5. The molecule has 1 aliphatic rings. The van der Waals surface area contributed by atoms with Gasteiger partial charge in [-0.3, -0.25) is 9.69 Å². The Bertz CT molecular complexity index is 780. The highest BCUT2D eigenvalue weighted by Crippen LogP contribution is 2.20. The molecule has 3 rings (SSSR count). The summed E-state index contributed by atoms with van der Waals surface area (Å²) in [4.78, 5) is 26.2. The van der Waals surface area contributed by atoms with Crippen LogP contribution in [0.3, 0.4) is 0 Å². The van der Waals surface area contributed by atoms with Crippen molar-refractivity contribution in [1.29, 1.82) is 0 Å². The van der Waals surface area contributed by atoms with Gasteiger partial charge >= 0.3 is 5.97 Å². The summed E-state index contributed by atoms with van der Waals surface area (Å²) in [5, 5.41) is 0. The summed E-state index contributed by atoms with van der Waals surface area (Å²) in [5.74, 6) is -0.180. The summed E-state index contributed by atoms with van der Waals surface area (Å²) in [6.45, 7) is 4.10. The molecule has 0 amide bonds. The summed E-state index contributed by atoms with van der Waals surface area (Å²) < 4.78 is 4.77. The lowest BCUT2D eigenvalue weighted by Gasteiger charge is -2.20. The topological polar surface area (TPSA) is 46.6 Å². The van der Waals surface area contributed by atoms with Crippen LogP contribution in [0.5, 0.6) is 0 Å². The zero-order valence-corrected chi connectivity index (χ0v) is 14.7. The molecule has 4 heteroatoms. The Morgan fingerprint density at radius 2 is 1.84 bits per heavy atom. The number of hydrogen-bond donors (Lipinski definition) is 0. The number of hydrogen-bond acceptors (Lipinski definition) is 4. The normalized spacial score (nSPS) is 14.7. The van der Waals surface area contributed by atoms with E-state index in [1.165, 1.54) is 18.2 Å². The van der Waals surface area contributed by atoms with E-state index in [4.69, 9.17) is 4.74 Å². The number of rotatable bonds is 4. The molecule has 130 valence electrons. The van der Waals surface area contributed by atoms with Gasteiger partial charge in [-0.05, 0) is 42.2 Å². The molecule has 0 saturated carbocycles. The van der Waals surface area contributed by atoms with Gasteiger partial charge in [0.1, 0.15) is 0 Å². The molecule has 0 bridgehead atoms. The lowest BCUT2D eigenvalue weighted by Crippen LogP contribution is -2.29. The van der Waals surface area contributed by atoms with Crippen LogP contribution in [0.15, 0.2) is 42.5 Å². The smallest absolute Gasteiger partial charge is 0.337 e. The minimum Gasteiger partial charge on any atom is -0.465 e. The van der Waals surface area contributed by atoms with Gasteiger partial charge in [-0.2, -0.15) is 0 Å². The van der Waals surface area contributed by atoms with E-state index in [-0.39, 0.29) is 11.8 Å². The van der Waals surface area contributed by atoms with E-state index in [1.807, 2.05) is 6.07 Å². The maximum Gasteiger partial charge on any atom is 0.337 e. The molecule has 0 atom stereocenters. The second kappa shape index (κ2) is 7.62. The number of fused-ring (bicyclic) bond motifs is 1. The number of Topliss-reactive ketones (excluding diaryl/α,β-unsaturated/α-hetero) is 1. The molecule has 4 nitrogen and oxygen atoms in total. The number of benzene rings is 2. The number of carbonyl (C=O) groups excluding carboxylic acids is 2. The molecule has 1 heterocycles. The molecule has 0 aromatic heterocycles. The van der Waals surface area contributed by atoms with Crippen LogP contribution in [0, 0.1) is 6.92 Å². The Kier molecular flexibility index (Phi) is 5.29. The first-order valence-electron chi connectivity index (χ1n) is 8.55. The third kappa shape index (κ3) is 4.34. The Labute approximate surface area is 148 Å². The summed E-state index contributed by atoms with van der Waals surface area (Å²) >= 11 is 0. The highest BCUT2D eigenvalue weighted by Gasteiger charge is 2.21. The average Bonchev–Trinajstić information content (AvgIpc) is 2.77. The summed E-state index contributed by atoms with van der Waals surface area (Å²) in [6, 6.07) is 14.0. The monoisotopic (exact) mass is 337 g/mol. The van der Waals surface area contributed by atoms with Crippen LogP contribution in [0.1, 0.15) is 32.6 Å². The van der Waals surface area contributed by atoms with E-state index in [2.05, 4.69) is 36.1 Å². The van der Waals surface area contributed by atoms with Crippen molar-refractivity contribution in [3.8, 4) is 0 Å². The Balaban J connectivity index is 1.72. The first kappa shape index (κ1) is 17.4. The van der Waals surface area contributed by atoms with Crippen molar-refractivity contribution in [3.05, 3.63) is 70.3 Å². The molecule has 25 heavy (non-hydrogen) atoms. The average molecular weight is 337 g/mol. The third-order valence-electron chi connectivity index (χ3n) is 4.65. The predicted octanol–water partition coefficient (Wildman–Crippen LogP) is 2.95. The van der Waals surface area contributed by atoms with Gasteiger partial charge in [-0.25, -0.2) is 4.79 Å². The quantitative estimate of drug-likeness (QED) is 0.805. The van der Waals surface area contributed by atoms with Gasteiger partial charge in [0.05, 0.1) is 19.2 Å². The van der Waals surface area contributed by atoms with Crippen LogP contribution in [0.4, 0.5) is 0 Å². The molecule has 2 aromatic rings. The Hall–Kier alpha value is -2.46. The number of carbonyl (C=O) groups is 2. The summed E-state index contributed by atoms with van der Waals surface area (Å²) in [5.41, 5.74) is 5.09. The number of ether oxygens (including phenoxy) is 1. The lowest BCUT2D eigenvalue weighted by molar-refractivity contribution is -0.119. The zero-order valence-electron chi connectivity index (χ0n) is 14.7. The van der Waals surface area contributed by atoms with E-state index in [1.54, 1.807) is 12.1 Å². The maximum atomic E-state index is 12.3. The third-order valence-corrected chi connectivity index (χ3v) is 4.65. The minimum absolute atomic E-state index is 0.185. The molecule has 1 aliphatic heterocycles. The van der Waals surface area contributed by atoms with Crippen LogP contribution < -0.4 is 0 Å². The van der Waals surface area contributed by atoms with Crippen molar-refractivity contribution < 1.29 is 14.3 Å². The number of nitrogens with zero attached hydrogens (tertiary/aromatic N) is 1. The standard InChI is InChI=1S/C21H23NO3/c1-15-3-5-16(6-4-15)9-10-22-13-18-8-7-17(21(24)25-2)11-19(18)12-20(23)14-22/h3-8,11H,9-10,12-14H2,1-2H3. The molecule has 2 aromatic carbocycles. The van der Waals surface area contributed by atoms with Crippen LogP contribution in [-0.4, -0.2) is 36.9 Å². The number of ketones is 1. The first-order valence-corrected chi connectivity index (χ1v) is 8.55. The Morgan fingerprint density at radius 3 is 2.56 bits per heavy atom. The molecule has 0 aliphatic carbocycles. The SMILES string of the molecule is COC(=O)c1ccc2c(c1)CC(=O)CN(CCc1ccc(C)cc1)C2. The number of esters is 1. The lowest BCUT2D eigenvalue weighted by atomic mass is 10.0. The molecule has 0 saturated heterocycles. The molecule has 0 fully saturated rings. The predicted molar refractivity (Wildman–Crippen MR) is 96.7 cm³/mol. The zero-order chi connectivity index (χ0) is 17.8. The second-order valence-electron chi connectivity index (χ2n) is 6.64. The van der Waals surface area contributed by atoms with Gasteiger partial charge in [0, 0.05) is 19.5 Å². The van der Waals surface area contributed by atoms with Crippen LogP contribution in [0.2, 0.25) is 0 Å². The largest absolute Gasteiger partial charge is 0.465 e. The van der Waals surface area contributed by atoms with E-state index in [9.17, 15) is 9.59 Å². The number of aryl methyl sites for hydroxylation is 1. The van der Waals surface area contributed by atoms with Crippen LogP contribution in [0.25, 0.3) is 0 Å². The van der Waals surface area contributed by atoms with Crippen molar-refractivity contribution in [2.24, 2.45) is 0 Å².